The van der Waals surface area contributed by atoms with Gasteiger partial charge >= 0.3 is 5.97 Å². The molecule has 1 rings (SSSR count). The Morgan fingerprint density at radius 2 is 2.00 bits per heavy atom. The Morgan fingerprint density at radius 3 is 2.45 bits per heavy atom. The molecule has 3 atom stereocenters. The minimum atomic E-state index is -0.607. The van der Waals surface area contributed by atoms with Gasteiger partial charge < -0.3 is 5.11 Å². The van der Waals surface area contributed by atoms with Crippen molar-refractivity contribution in [3.05, 3.63) is 0 Å². The van der Waals surface area contributed by atoms with E-state index in [1.807, 2.05) is 0 Å². The summed E-state index contributed by atoms with van der Waals surface area (Å²) in [5, 5.41) is 8.79. The molecule has 0 amide bonds. The van der Waals surface area contributed by atoms with Crippen molar-refractivity contribution < 1.29 is 9.90 Å². The molecule has 0 heterocycles. The van der Waals surface area contributed by atoms with Gasteiger partial charge in [0.15, 0.2) is 0 Å². The Bertz CT molecular complexity index is 154. The normalized spacial score (nSPS) is 38.5. The molecule has 0 spiro atoms. The van der Waals surface area contributed by atoms with Crippen molar-refractivity contribution in [2.24, 2.45) is 17.8 Å². The number of hydrogen-bond acceptors (Lipinski definition) is 1. The smallest absolute Gasteiger partial charge is 0.306 e. The van der Waals surface area contributed by atoms with E-state index in [9.17, 15) is 4.79 Å². The van der Waals surface area contributed by atoms with Gasteiger partial charge in [0.05, 0.1) is 5.92 Å². The second-order valence-electron chi connectivity index (χ2n) is 3.84. The monoisotopic (exact) mass is 156 g/mol. The average Bonchev–Trinajstić information content (AvgIpc) is 1.85. The number of rotatable bonds is 1. The minimum Gasteiger partial charge on any atom is -0.481 e. The molecule has 0 aliphatic heterocycles. The van der Waals surface area contributed by atoms with Crippen molar-refractivity contribution in [2.75, 3.05) is 0 Å². The van der Waals surface area contributed by atoms with Crippen molar-refractivity contribution in [1.82, 2.24) is 0 Å². The maximum Gasteiger partial charge on any atom is 0.306 e. The van der Waals surface area contributed by atoms with Crippen molar-refractivity contribution >= 4 is 5.97 Å². The van der Waals surface area contributed by atoms with Crippen LogP contribution in [0.3, 0.4) is 0 Å². The van der Waals surface area contributed by atoms with E-state index in [-0.39, 0.29) is 5.92 Å². The summed E-state index contributed by atoms with van der Waals surface area (Å²) in [6, 6.07) is 0. The SMILES string of the molecule is CC1CCC(C(=O)O)[C@H](C)C1. The Balaban J connectivity index is 2.50. The summed E-state index contributed by atoms with van der Waals surface area (Å²) in [7, 11) is 0. The summed E-state index contributed by atoms with van der Waals surface area (Å²) >= 11 is 0. The molecule has 0 saturated heterocycles. The molecular weight excluding hydrogens is 140 g/mol. The highest BCUT2D eigenvalue weighted by Gasteiger charge is 2.30. The average molecular weight is 156 g/mol. The number of carbonyl (C=O) groups is 1. The highest BCUT2D eigenvalue weighted by molar-refractivity contribution is 5.70. The van der Waals surface area contributed by atoms with E-state index < -0.39 is 5.97 Å². The fourth-order valence-electron chi connectivity index (χ4n) is 2.03. The molecule has 0 radical (unpaired) electrons. The second-order valence-corrected chi connectivity index (χ2v) is 3.84. The van der Waals surface area contributed by atoms with Crippen LogP contribution >= 0.6 is 0 Å². The molecule has 64 valence electrons. The maximum absolute atomic E-state index is 10.7. The molecule has 2 heteroatoms. The lowest BCUT2D eigenvalue weighted by Crippen LogP contribution is -2.27. The lowest BCUT2D eigenvalue weighted by molar-refractivity contribution is -0.145. The van der Waals surface area contributed by atoms with Gasteiger partial charge in [0.1, 0.15) is 0 Å². The lowest BCUT2D eigenvalue weighted by atomic mass is 9.76. The van der Waals surface area contributed by atoms with Crippen LogP contribution in [0.5, 0.6) is 0 Å². The Morgan fingerprint density at radius 1 is 1.36 bits per heavy atom. The van der Waals surface area contributed by atoms with E-state index in [4.69, 9.17) is 5.11 Å². The molecule has 2 nitrogen and oxygen atoms in total. The van der Waals surface area contributed by atoms with E-state index in [0.29, 0.717) is 5.92 Å². The van der Waals surface area contributed by atoms with Gasteiger partial charge in [0.25, 0.3) is 0 Å². The first-order chi connectivity index (χ1) is 5.11. The minimum absolute atomic E-state index is 0.0776. The van der Waals surface area contributed by atoms with Crippen molar-refractivity contribution in [1.29, 1.82) is 0 Å². The van der Waals surface area contributed by atoms with Crippen LogP contribution in [0.15, 0.2) is 0 Å². The van der Waals surface area contributed by atoms with Crippen molar-refractivity contribution in [2.45, 2.75) is 33.1 Å². The molecule has 0 aromatic rings. The van der Waals surface area contributed by atoms with Gasteiger partial charge in [0.2, 0.25) is 0 Å². The Labute approximate surface area is 67.6 Å². The highest BCUT2D eigenvalue weighted by atomic mass is 16.4. The molecule has 0 aromatic heterocycles. The van der Waals surface area contributed by atoms with Gasteiger partial charge in [-0.05, 0) is 31.1 Å². The van der Waals surface area contributed by atoms with Gasteiger partial charge in [-0.15, -0.1) is 0 Å². The van der Waals surface area contributed by atoms with Gasteiger partial charge in [-0.3, -0.25) is 4.79 Å². The molecule has 1 aliphatic carbocycles. The molecule has 11 heavy (non-hydrogen) atoms. The molecule has 1 N–H and O–H groups in total. The molecule has 0 aromatic carbocycles. The van der Waals surface area contributed by atoms with Crippen LogP contribution in [0.1, 0.15) is 33.1 Å². The second kappa shape index (κ2) is 3.24. The van der Waals surface area contributed by atoms with Crippen LogP contribution in [0.25, 0.3) is 0 Å². The van der Waals surface area contributed by atoms with E-state index >= 15 is 0 Å². The molecular formula is C9H16O2. The molecule has 1 saturated carbocycles. The van der Waals surface area contributed by atoms with E-state index in [1.54, 1.807) is 0 Å². The summed E-state index contributed by atoms with van der Waals surface area (Å²) in [4.78, 5) is 10.7. The first-order valence-corrected chi connectivity index (χ1v) is 4.34. The molecule has 1 fully saturated rings. The van der Waals surface area contributed by atoms with Gasteiger partial charge in [-0.1, -0.05) is 13.8 Å². The fraction of sp³-hybridized carbons (Fsp3) is 0.889. The first-order valence-electron chi connectivity index (χ1n) is 4.34. The summed E-state index contributed by atoms with van der Waals surface area (Å²) < 4.78 is 0. The zero-order chi connectivity index (χ0) is 8.43. The summed E-state index contributed by atoms with van der Waals surface area (Å²) in [5.74, 6) is 0.410. The van der Waals surface area contributed by atoms with Crippen LogP contribution in [0.4, 0.5) is 0 Å². The van der Waals surface area contributed by atoms with Crippen LogP contribution in [0, 0.1) is 17.8 Å². The third kappa shape index (κ3) is 1.95. The maximum atomic E-state index is 10.7. The molecule has 1 aliphatic rings. The number of carboxylic acids is 1. The molecule has 2 unspecified atom stereocenters. The summed E-state index contributed by atoms with van der Waals surface area (Å²) in [5.41, 5.74) is 0. The van der Waals surface area contributed by atoms with E-state index in [0.717, 1.165) is 25.2 Å². The zero-order valence-electron chi connectivity index (χ0n) is 7.21. The largest absolute Gasteiger partial charge is 0.481 e. The third-order valence-corrected chi connectivity index (χ3v) is 2.75. The summed E-state index contributed by atoms with van der Waals surface area (Å²) in [6.45, 7) is 4.25. The number of aliphatic carboxylic acids is 1. The predicted octanol–water partition coefficient (Wildman–Crippen LogP) is 2.14. The van der Waals surface area contributed by atoms with Gasteiger partial charge in [-0.25, -0.2) is 0 Å². The van der Waals surface area contributed by atoms with Crippen molar-refractivity contribution in [3.63, 3.8) is 0 Å². The zero-order valence-corrected chi connectivity index (χ0v) is 7.21. The predicted molar refractivity (Wildman–Crippen MR) is 43.3 cm³/mol. The van der Waals surface area contributed by atoms with Crippen LogP contribution in [0.2, 0.25) is 0 Å². The Kier molecular flexibility index (Phi) is 2.53. The fourth-order valence-corrected chi connectivity index (χ4v) is 2.03. The van der Waals surface area contributed by atoms with E-state index in [2.05, 4.69) is 13.8 Å². The summed E-state index contributed by atoms with van der Waals surface area (Å²) in [6.07, 6.45) is 3.04. The molecule has 0 bridgehead atoms. The third-order valence-electron chi connectivity index (χ3n) is 2.75. The standard InChI is InChI=1S/C9H16O2/c1-6-3-4-8(9(10)11)7(2)5-6/h6-8H,3-5H2,1-2H3,(H,10,11)/t6?,7-,8?/m1/s1. The Hall–Kier alpha value is -0.530. The van der Waals surface area contributed by atoms with Gasteiger partial charge in [-0.2, -0.15) is 0 Å². The highest BCUT2D eigenvalue weighted by Crippen LogP contribution is 2.33. The van der Waals surface area contributed by atoms with Gasteiger partial charge in [0, 0.05) is 0 Å². The van der Waals surface area contributed by atoms with E-state index in [1.165, 1.54) is 0 Å². The van der Waals surface area contributed by atoms with Crippen LogP contribution < -0.4 is 0 Å². The first kappa shape index (κ1) is 8.57. The lowest BCUT2D eigenvalue weighted by Gasteiger charge is -2.29. The quantitative estimate of drug-likeness (QED) is 0.631. The topological polar surface area (TPSA) is 37.3 Å². The number of hydrogen-bond donors (Lipinski definition) is 1. The van der Waals surface area contributed by atoms with Crippen LogP contribution in [-0.2, 0) is 4.79 Å². The van der Waals surface area contributed by atoms with Crippen molar-refractivity contribution in [3.8, 4) is 0 Å². The number of carboxylic acid groups (broad SMARTS) is 1. The van der Waals surface area contributed by atoms with Crippen LogP contribution in [-0.4, -0.2) is 11.1 Å².